The van der Waals surface area contributed by atoms with Gasteiger partial charge in [0.15, 0.2) is 0 Å². The van der Waals surface area contributed by atoms with Crippen LogP contribution in [0.1, 0.15) is 18.4 Å². The van der Waals surface area contributed by atoms with Crippen molar-refractivity contribution in [3.05, 3.63) is 29.8 Å². The van der Waals surface area contributed by atoms with Gasteiger partial charge < -0.3 is 10.2 Å². The summed E-state index contributed by atoms with van der Waals surface area (Å²) in [7, 11) is 2.15. The molecule has 1 aromatic rings. The summed E-state index contributed by atoms with van der Waals surface area (Å²) in [6.07, 6.45) is 2.48. The van der Waals surface area contributed by atoms with E-state index in [1.807, 2.05) is 12.1 Å². The maximum atomic E-state index is 11.9. The maximum absolute atomic E-state index is 11.9. The molecule has 0 spiro atoms. The van der Waals surface area contributed by atoms with Crippen LogP contribution in [0.25, 0.3) is 0 Å². The van der Waals surface area contributed by atoms with E-state index in [0.717, 1.165) is 13.1 Å². The van der Waals surface area contributed by atoms with Gasteiger partial charge in [0.1, 0.15) is 0 Å². The molecule has 110 valence electrons. The Morgan fingerprint density at radius 2 is 2.25 bits per heavy atom. The Kier molecular flexibility index (Phi) is 5.92. The molecule has 4 heteroatoms. The van der Waals surface area contributed by atoms with E-state index in [2.05, 4.69) is 36.3 Å². The molecule has 1 saturated heterocycles. The predicted molar refractivity (Wildman–Crippen MR) is 85.1 cm³/mol. The lowest BCUT2D eigenvalue weighted by Gasteiger charge is -2.29. The first-order valence-corrected chi connectivity index (χ1v) is 8.27. The molecule has 1 heterocycles. The molecule has 1 aliphatic heterocycles. The highest BCUT2D eigenvalue weighted by molar-refractivity contribution is 8.00. The fourth-order valence-electron chi connectivity index (χ4n) is 2.61. The number of amides is 1. The molecule has 1 aromatic carbocycles. The Morgan fingerprint density at radius 1 is 1.45 bits per heavy atom. The number of hydrogen-bond acceptors (Lipinski definition) is 3. The van der Waals surface area contributed by atoms with Crippen molar-refractivity contribution in [1.29, 1.82) is 0 Å². The van der Waals surface area contributed by atoms with Gasteiger partial charge in [-0.15, -0.1) is 11.8 Å². The van der Waals surface area contributed by atoms with Crippen molar-refractivity contribution in [1.82, 2.24) is 10.2 Å². The van der Waals surface area contributed by atoms with Crippen molar-refractivity contribution in [2.75, 3.05) is 32.4 Å². The van der Waals surface area contributed by atoms with Crippen molar-refractivity contribution in [2.24, 2.45) is 5.92 Å². The molecule has 0 bridgehead atoms. The molecule has 20 heavy (non-hydrogen) atoms. The summed E-state index contributed by atoms with van der Waals surface area (Å²) in [6.45, 7) is 5.19. The fraction of sp³-hybridized carbons (Fsp3) is 0.562. The van der Waals surface area contributed by atoms with Gasteiger partial charge in [-0.25, -0.2) is 0 Å². The fourth-order valence-corrected chi connectivity index (χ4v) is 3.47. The molecule has 1 amide bonds. The van der Waals surface area contributed by atoms with Crippen molar-refractivity contribution in [3.8, 4) is 0 Å². The van der Waals surface area contributed by atoms with E-state index in [-0.39, 0.29) is 5.91 Å². The molecule has 0 aromatic heterocycles. The first-order chi connectivity index (χ1) is 9.65. The van der Waals surface area contributed by atoms with Gasteiger partial charge in [-0.05, 0) is 50.9 Å². The summed E-state index contributed by atoms with van der Waals surface area (Å²) < 4.78 is 0. The number of piperidine rings is 1. The normalized spacial score (nSPS) is 19.8. The van der Waals surface area contributed by atoms with E-state index in [9.17, 15) is 4.79 Å². The number of hydrogen-bond donors (Lipinski definition) is 1. The number of carbonyl (C=O) groups is 1. The number of nitrogens with one attached hydrogen (secondary N) is 1. The number of likely N-dealkylation sites (tertiary alicyclic amines) is 1. The molecule has 1 unspecified atom stereocenters. The standard InChI is InChI=1S/C16H24N2OS/c1-13-6-3-4-8-15(13)20-12-16(19)17-10-14-7-5-9-18(2)11-14/h3-4,6,8,14H,5,7,9-12H2,1-2H3,(H,17,19). The van der Waals surface area contributed by atoms with Crippen LogP contribution in [0.15, 0.2) is 29.2 Å². The van der Waals surface area contributed by atoms with E-state index < -0.39 is 0 Å². The monoisotopic (exact) mass is 292 g/mol. The van der Waals surface area contributed by atoms with Crippen LogP contribution in [0.4, 0.5) is 0 Å². The minimum Gasteiger partial charge on any atom is -0.355 e. The molecular weight excluding hydrogens is 268 g/mol. The second-order valence-corrected chi connectivity index (χ2v) is 6.65. The molecule has 3 nitrogen and oxygen atoms in total. The summed E-state index contributed by atoms with van der Waals surface area (Å²) in [5, 5.41) is 3.08. The van der Waals surface area contributed by atoms with Crippen molar-refractivity contribution in [3.63, 3.8) is 0 Å². The van der Waals surface area contributed by atoms with Crippen LogP contribution in [-0.2, 0) is 4.79 Å². The van der Waals surface area contributed by atoms with Gasteiger partial charge in [0, 0.05) is 18.0 Å². The predicted octanol–water partition coefficient (Wildman–Crippen LogP) is 2.55. The van der Waals surface area contributed by atoms with Gasteiger partial charge in [0.2, 0.25) is 5.91 Å². The van der Waals surface area contributed by atoms with E-state index in [1.54, 1.807) is 11.8 Å². The third kappa shape index (κ3) is 4.84. The number of carbonyl (C=O) groups excluding carboxylic acids is 1. The van der Waals surface area contributed by atoms with Crippen LogP contribution < -0.4 is 5.32 Å². The molecule has 0 aliphatic carbocycles. The van der Waals surface area contributed by atoms with Gasteiger partial charge in [-0.1, -0.05) is 18.2 Å². The zero-order valence-corrected chi connectivity index (χ0v) is 13.2. The second-order valence-electron chi connectivity index (χ2n) is 5.63. The van der Waals surface area contributed by atoms with E-state index in [0.29, 0.717) is 11.7 Å². The highest BCUT2D eigenvalue weighted by Crippen LogP contribution is 2.21. The van der Waals surface area contributed by atoms with Gasteiger partial charge in [-0.3, -0.25) is 4.79 Å². The number of thioether (sulfide) groups is 1. The Morgan fingerprint density at radius 3 is 3.00 bits per heavy atom. The minimum atomic E-state index is 0.145. The molecule has 1 fully saturated rings. The molecular formula is C16H24N2OS. The highest BCUT2D eigenvalue weighted by Gasteiger charge is 2.17. The van der Waals surface area contributed by atoms with Crippen molar-refractivity contribution < 1.29 is 4.79 Å². The molecule has 0 radical (unpaired) electrons. The largest absolute Gasteiger partial charge is 0.355 e. The maximum Gasteiger partial charge on any atom is 0.230 e. The number of benzene rings is 1. The van der Waals surface area contributed by atoms with Crippen LogP contribution in [0.2, 0.25) is 0 Å². The zero-order valence-electron chi connectivity index (χ0n) is 12.4. The van der Waals surface area contributed by atoms with Gasteiger partial charge in [0.05, 0.1) is 5.75 Å². The Bertz CT molecular complexity index is 450. The summed E-state index contributed by atoms with van der Waals surface area (Å²) in [5.41, 5.74) is 1.24. The first-order valence-electron chi connectivity index (χ1n) is 7.29. The summed E-state index contributed by atoms with van der Waals surface area (Å²) in [4.78, 5) is 15.5. The van der Waals surface area contributed by atoms with Crippen molar-refractivity contribution in [2.45, 2.75) is 24.7 Å². The first kappa shape index (κ1) is 15.4. The second kappa shape index (κ2) is 7.70. The SMILES string of the molecule is Cc1ccccc1SCC(=O)NCC1CCCN(C)C1. The molecule has 1 atom stereocenters. The van der Waals surface area contributed by atoms with Gasteiger partial charge >= 0.3 is 0 Å². The molecule has 1 N–H and O–H groups in total. The van der Waals surface area contributed by atoms with Crippen LogP contribution in [0.5, 0.6) is 0 Å². The molecule has 0 saturated carbocycles. The average Bonchev–Trinajstić information content (AvgIpc) is 2.44. The quantitative estimate of drug-likeness (QED) is 0.847. The van der Waals surface area contributed by atoms with Crippen LogP contribution in [-0.4, -0.2) is 43.2 Å². The van der Waals surface area contributed by atoms with Gasteiger partial charge in [-0.2, -0.15) is 0 Å². The Balaban J connectivity index is 1.69. The molecule has 1 aliphatic rings. The number of nitrogens with zero attached hydrogens (tertiary/aromatic N) is 1. The van der Waals surface area contributed by atoms with E-state index in [1.165, 1.54) is 29.8 Å². The lowest BCUT2D eigenvalue weighted by Crippen LogP contribution is -2.39. The summed E-state index contributed by atoms with van der Waals surface area (Å²) >= 11 is 1.62. The van der Waals surface area contributed by atoms with Crippen LogP contribution >= 0.6 is 11.8 Å². The van der Waals surface area contributed by atoms with E-state index >= 15 is 0 Å². The number of rotatable bonds is 5. The number of aryl methyl sites for hydroxylation is 1. The Labute approximate surface area is 126 Å². The van der Waals surface area contributed by atoms with Crippen LogP contribution in [0.3, 0.4) is 0 Å². The highest BCUT2D eigenvalue weighted by atomic mass is 32.2. The molecule has 2 rings (SSSR count). The third-order valence-corrected chi connectivity index (χ3v) is 4.94. The summed E-state index contributed by atoms with van der Waals surface area (Å²) in [5.74, 6) is 1.26. The van der Waals surface area contributed by atoms with Crippen LogP contribution in [0, 0.1) is 12.8 Å². The third-order valence-electron chi connectivity index (χ3n) is 3.76. The smallest absolute Gasteiger partial charge is 0.230 e. The topological polar surface area (TPSA) is 32.3 Å². The summed E-state index contributed by atoms with van der Waals surface area (Å²) in [6, 6.07) is 8.20. The Hall–Kier alpha value is -1.00. The lowest BCUT2D eigenvalue weighted by molar-refractivity contribution is -0.118. The lowest BCUT2D eigenvalue weighted by atomic mass is 9.98. The van der Waals surface area contributed by atoms with Crippen molar-refractivity contribution >= 4 is 17.7 Å². The van der Waals surface area contributed by atoms with E-state index in [4.69, 9.17) is 0 Å². The minimum absolute atomic E-state index is 0.145. The zero-order chi connectivity index (χ0) is 14.4. The van der Waals surface area contributed by atoms with Gasteiger partial charge in [0.25, 0.3) is 0 Å². The average molecular weight is 292 g/mol.